The summed E-state index contributed by atoms with van der Waals surface area (Å²) in [6.07, 6.45) is 1.20. The molecule has 0 aromatic heterocycles. The van der Waals surface area contributed by atoms with Gasteiger partial charge in [0.2, 0.25) is 0 Å². The Morgan fingerprint density at radius 3 is 2.76 bits per heavy atom. The van der Waals surface area contributed by atoms with Crippen molar-refractivity contribution in [2.75, 3.05) is 6.61 Å². The van der Waals surface area contributed by atoms with Gasteiger partial charge in [-0.05, 0) is 79.9 Å². The van der Waals surface area contributed by atoms with Crippen LogP contribution in [0.5, 0.6) is 5.75 Å². The summed E-state index contributed by atoms with van der Waals surface area (Å²) >= 11 is 6.94. The molecule has 3 rings (SSSR count). The fraction of sp³-hybridized carbons (Fsp3) is 0.294. The predicted octanol–water partition coefficient (Wildman–Crippen LogP) is 5.20. The van der Waals surface area contributed by atoms with Crippen molar-refractivity contribution in [2.45, 2.75) is 24.9 Å². The molecule has 1 aliphatic rings. The lowest BCUT2D eigenvalue weighted by atomic mass is 9.86. The van der Waals surface area contributed by atoms with E-state index in [-0.39, 0.29) is 0 Å². The number of fused-ring (bicyclic) bond motifs is 1. The van der Waals surface area contributed by atoms with Crippen LogP contribution >= 0.6 is 31.9 Å². The van der Waals surface area contributed by atoms with Gasteiger partial charge < -0.3 is 9.84 Å². The average molecular weight is 412 g/mol. The summed E-state index contributed by atoms with van der Waals surface area (Å²) in [6, 6.07) is 14.0. The number of rotatable bonds is 3. The maximum Gasteiger partial charge on any atom is 0.122 e. The van der Waals surface area contributed by atoms with Gasteiger partial charge in [-0.15, -0.1) is 0 Å². The molecule has 2 unspecified atom stereocenters. The molecule has 0 saturated heterocycles. The highest BCUT2D eigenvalue weighted by atomic mass is 79.9. The van der Waals surface area contributed by atoms with Gasteiger partial charge in [0.1, 0.15) is 5.75 Å². The number of halogens is 2. The quantitative estimate of drug-likeness (QED) is 0.751. The van der Waals surface area contributed by atoms with Gasteiger partial charge in [0, 0.05) is 8.95 Å². The van der Waals surface area contributed by atoms with E-state index in [0.717, 1.165) is 33.3 Å². The Kier molecular flexibility index (Phi) is 4.67. The SMILES string of the molecule is OC(CC1CCOc2ccccc21)c1ccc(Br)c(Br)c1. The Labute approximate surface area is 141 Å². The standard InChI is InChI=1S/C17H16Br2O2/c18-14-6-5-12(9-15(14)19)16(20)10-11-7-8-21-17-4-2-1-3-13(11)17/h1-6,9,11,16,20H,7-8,10H2. The molecule has 21 heavy (non-hydrogen) atoms. The number of hydrogen-bond acceptors (Lipinski definition) is 2. The molecular formula is C17H16Br2O2. The van der Waals surface area contributed by atoms with Crippen molar-refractivity contribution in [1.82, 2.24) is 0 Å². The van der Waals surface area contributed by atoms with Crippen LogP contribution < -0.4 is 4.74 Å². The molecule has 4 heteroatoms. The first-order valence-corrected chi connectivity index (χ1v) is 8.58. The molecule has 2 aromatic carbocycles. The first kappa shape index (κ1) is 15.1. The first-order chi connectivity index (χ1) is 10.1. The molecule has 0 aliphatic carbocycles. The highest BCUT2D eigenvalue weighted by Crippen LogP contribution is 2.39. The minimum Gasteiger partial charge on any atom is -0.493 e. The van der Waals surface area contributed by atoms with E-state index in [1.165, 1.54) is 5.56 Å². The van der Waals surface area contributed by atoms with Gasteiger partial charge in [-0.3, -0.25) is 0 Å². The molecule has 1 aliphatic heterocycles. The Balaban J connectivity index is 1.79. The maximum absolute atomic E-state index is 10.5. The summed E-state index contributed by atoms with van der Waals surface area (Å²) in [5.74, 6) is 1.30. The number of ether oxygens (including phenoxy) is 1. The van der Waals surface area contributed by atoms with Crippen LogP contribution in [0, 0.1) is 0 Å². The Morgan fingerprint density at radius 2 is 1.95 bits per heavy atom. The monoisotopic (exact) mass is 410 g/mol. The third-order valence-corrected chi connectivity index (χ3v) is 5.80. The molecular weight excluding hydrogens is 396 g/mol. The van der Waals surface area contributed by atoms with Gasteiger partial charge in [0.05, 0.1) is 12.7 Å². The summed E-state index contributed by atoms with van der Waals surface area (Å²) < 4.78 is 7.64. The first-order valence-electron chi connectivity index (χ1n) is 7.00. The highest BCUT2D eigenvalue weighted by molar-refractivity contribution is 9.13. The second-order valence-electron chi connectivity index (χ2n) is 5.30. The normalized spacial score (nSPS) is 18.7. The van der Waals surface area contributed by atoms with Crippen LogP contribution in [-0.4, -0.2) is 11.7 Å². The molecule has 0 radical (unpaired) electrons. The number of aliphatic hydroxyl groups excluding tert-OH is 1. The number of benzene rings is 2. The maximum atomic E-state index is 10.5. The van der Waals surface area contributed by atoms with Crippen LogP contribution in [-0.2, 0) is 0 Å². The fourth-order valence-electron chi connectivity index (χ4n) is 2.79. The van der Waals surface area contributed by atoms with Crippen molar-refractivity contribution < 1.29 is 9.84 Å². The van der Waals surface area contributed by atoms with Gasteiger partial charge in [-0.1, -0.05) is 24.3 Å². The van der Waals surface area contributed by atoms with Gasteiger partial charge in [-0.25, -0.2) is 0 Å². The van der Waals surface area contributed by atoms with Crippen molar-refractivity contribution in [3.8, 4) is 5.75 Å². The molecule has 2 atom stereocenters. The Bertz CT molecular complexity index is 642. The minimum atomic E-state index is -0.467. The zero-order valence-electron chi connectivity index (χ0n) is 11.4. The van der Waals surface area contributed by atoms with E-state index in [4.69, 9.17) is 4.74 Å². The van der Waals surface area contributed by atoms with Gasteiger partial charge >= 0.3 is 0 Å². The van der Waals surface area contributed by atoms with E-state index >= 15 is 0 Å². The smallest absolute Gasteiger partial charge is 0.122 e. The van der Waals surface area contributed by atoms with E-state index in [0.29, 0.717) is 12.3 Å². The summed E-state index contributed by atoms with van der Waals surface area (Å²) in [7, 11) is 0. The summed E-state index contributed by atoms with van der Waals surface area (Å²) in [6.45, 7) is 0.721. The number of para-hydroxylation sites is 1. The second kappa shape index (κ2) is 6.51. The lowest BCUT2D eigenvalue weighted by molar-refractivity contribution is 0.145. The van der Waals surface area contributed by atoms with Crippen molar-refractivity contribution in [2.24, 2.45) is 0 Å². The van der Waals surface area contributed by atoms with E-state index in [9.17, 15) is 5.11 Å². The minimum absolute atomic E-state index is 0.340. The van der Waals surface area contributed by atoms with Crippen LogP contribution in [0.15, 0.2) is 51.4 Å². The van der Waals surface area contributed by atoms with E-state index in [2.05, 4.69) is 37.9 Å². The zero-order valence-corrected chi connectivity index (χ0v) is 14.6. The lowest BCUT2D eigenvalue weighted by Gasteiger charge is -2.27. The van der Waals surface area contributed by atoms with Crippen LogP contribution in [0.1, 0.15) is 36.0 Å². The molecule has 0 fully saturated rings. The molecule has 2 aromatic rings. The molecule has 0 bridgehead atoms. The molecule has 0 amide bonds. The summed E-state index contributed by atoms with van der Waals surface area (Å²) in [4.78, 5) is 0. The van der Waals surface area contributed by atoms with E-state index < -0.39 is 6.10 Å². The zero-order chi connectivity index (χ0) is 14.8. The second-order valence-corrected chi connectivity index (χ2v) is 7.01. The van der Waals surface area contributed by atoms with E-state index in [1.807, 2.05) is 36.4 Å². The highest BCUT2D eigenvalue weighted by Gasteiger charge is 2.24. The third-order valence-electron chi connectivity index (χ3n) is 3.92. The number of aliphatic hydroxyl groups is 1. The van der Waals surface area contributed by atoms with Gasteiger partial charge in [-0.2, -0.15) is 0 Å². The average Bonchev–Trinajstić information content (AvgIpc) is 2.50. The van der Waals surface area contributed by atoms with Crippen LogP contribution in [0.3, 0.4) is 0 Å². The Morgan fingerprint density at radius 1 is 1.14 bits per heavy atom. The predicted molar refractivity (Wildman–Crippen MR) is 90.7 cm³/mol. The van der Waals surface area contributed by atoms with Gasteiger partial charge in [0.25, 0.3) is 0 Å². The summed E-state index contributed by atoms with van der Waals surface area (Å²) in [5, 5.41) is 10.5. The Hall–Kier alpha value is -0.840. The molecule has 2 nitrogen and oxygen atoms in total. The van der Waals surface area contributed by atoms with Crippen molar-refractivity contribution in [3.05, 3.63) is 62.5 Å². The molecule has 0 saturated carbocycles. The lowest BCUT2D eigenvalue weighted by Crippen LogP contribution is -2.16. The fourth-order valence-corrected chi connectivity index (χ4v) is 3.43. The molecule has 1 heterocycles. The third kappa shape index (κ3) is 3.33. The van der Waals surface area contributed by atoms with E-state index in [1.54, 1.807) is 0 Å². The van der Waals surface area contributed by atoms with Crippen molar-refractivity contribution in [3.63, 3.8) is 0 Å². The van der Waals surface area contributed by atoms with Crippen molar-refractivity contribution in [1.29, 1.82) is 0 Å². The number of hydrogen-bond donors (Lipinski definition) is 1. The molecule has 0 spiro atoms. The summed E-state index contributed by atoms with van der Waals surface area (Å²) in [5.41, 5.74) is 2.15. The van der Waals surface area contributed by atoms with Crippen molar-refractivity contribution >= 4 is 31.9 Å². The van der Waals surface area contributed by atoms with Gasteiger partial charge in [0.15, 0.2) is 0 Å². The topological polar surface area (TPSA) is 29.5 Å². The van der Waals surface area contributed by atoms with Crippen LogP contribution in [0.4, 0.5) is 0 Å². The molecule has 110 valence electrons. The largest absolute Gasteiger partial charge is 0.493 e. The van der Waals surface area contributed by atoms with Crippen LogP contribution in [0.25, 0.3) is 0 Å². The van der Waals surface area contributed by atoms with Crippen LogP contribution in [0.2, 0.25) is 0 Å². The molecule has 1 N–H and O–H groups in total.